The third-order valence-corrected chi connectivity index (χ3v) is 4.88. The van der Waals surface area contributed by atoms with E-state index in [-0.39, 0.29) is 0 Å². The number of anilines is 1. The Morgan fingerprint density at radius 2 is 2.14 bits per heavy atom. The fraction of sp³-hybridized carbons (Fsp3) is 0.438. The van der Waals surface area contributed by atoms with Crippen molar-refractivity contribution in [3.63, 3.8) is 0 Å². The maximum absolute atomic E-state index is 4.64. The molecular weight excluding hydrogens is 346 g/mol. The number of halogens is 1. The molecule has 2 aromatic rings. The van der Waals surface area contributed by atoms with Gasteiger partial charge in [0.2, 0.25) is 0 Å². The van der Waals surface area contributed by atoms with Crippen LogP contribution < -0.4 is 10.2 Å². The van der Waals surface area contributed by atoms with Gasteiger partial charge in [-0.1, -0.05) is 13.8 Å². The zero-order valence-electron chi connectivity index (χ0n) is 13.0. The van der Waals surface area contributed by atoms with Crippen molar-refractivity contribution < 1.29 is 0 Å². The Morgan fingerprint density at radius 3 is 2.71 bits per heavy atom. The van der Waals surface area contributed by atoms with Crippen molar-refractivity contribution in [1.29, 1.82) is 0 Å². The Hall–Kier alpha value is -0.910. The van der Waals surface area contributed by atoms with Crippen LogP contribution in [0.25, 0.3) is 0 Å². The first-order valence-electron chi connectivity index (χ1n) is 7.08. The Kier molecular flexibility index (Phi) is 5.79. The maximum atomic E-state index is 4.64. The van der Waals surface area contributed by atoms with Crippen molar-refractivity contribution in [3.05, 3.63) is 44.2 Å². The lowest BCUT2D eigenvalue weighted by Gasteiger charge is -2.20. The lowest BCUT2D eigenvalue weighted by Crippen LogP contribution is -2.22. The predicted octanol–water partition coefficient (Wildman–Crippen LogP) is 4.35. The van der Waals surface area contributed by atoms with Gasteiger partial charge >= 0.3 is 0 Å². The smallest absolute Gasteiger partial charge is 0.131 e. The highest BCUT2D eigenvalue weighted by atomic mass is 79.9. The molecule has 0 aliphatic heterocycles. The quantitative estimate of drug-likeness (QED) is 0.822. The summed E-state index contributed by atoms with van der Waals surface area (Å²) in [5.41, 5.74) is 2.45. The van der Waals surface area contributed by atoms with E-state index >= 15 is 0 Å². The van der Waals surface area contributed by atoms with Crippen LogP contribution >= 0.6 is 27.3 Å². The second kappa shape index (κ2) is 7.38. The molecule has 0 unspecified atom stereocenters. The second-order valence-electron chi connectivity index (χ2n) is 5.61. The molecule has 21 heavy (non-hydrogen) atoms. The standard InChI is InChI=1S/C16H22BrN3S/c1-11(2)18-7-13-5-12(3)16(19-8-13)20(4)9-15-6-14(17)10-21-15/h5-6,8,10-11,18H,7,9H2,1-4H3. The highest BCUT2D eigenvalue weighted by Crippen LogP contribution is 2.24. The molecule has 0 aliphatic carbocycles. The van der Waals surface area contributed by atoms with E-state index < -0.39 is 0 Å². The zero-order valence-corrected chi connectivity index (χ0v) is 15.4. The minimum absolute atomic E-state index is 0.491. The van der Waals surface area contributed by atoms with E-state index in [2.05, 4.69) is 76.5 Å². The van der Waals surface area contributed by atoms with Crippen LogP contribution in [0.15, 0.2) is 28.2 Å². The van der Waals surface area contributed by atoms with Crippen molar-refractivity contribution >= 4 is 33.1 Å². The molecule has 0 amide bonds. The van der Waals surface area contributed by atoms with Gasteiger partial charge in [0, 0.05) is 40.6 Å². The Bertz CT molecular complexity index is 595. The molecule has 0 atom stereocenters. The van der Waals surface area contributed by atoms with Crippen LogP contribution in [0.2, 0.25) is 0 Å². The van der Waals surface area contributed by atoms with Crippen LogP contribution in [0.4, 0.5) is 5.82 Å². The van der Waals surface area contributed by atoms with Crippen molar-refractivity contribution in [1.82, 2.24) is 10.3 Å². The van der Waals surface area contributed by atoms with Crippen LogP contribution in [-0.4, -0.2) is 18.1 Å². The largest absolute Gasteiger partial charge is 0.354 e. The highest BCUT2D eigenvalue weighted by molar-refractivity contribution is 9.10. The summed E-state index contributed by atoms with van der Waals surface area (Å²) >= 11 is 5.27. The van der Waals surface area contributed by atoms with Crippen molar-refractivity contribution in [3.8, 4) is 0 Å². The van der Waals surface area contributed by atoms with Crippen LogP contribution in [0.1, 0.15) is 29.9 Å². The summed E-state index contributed by atoms with van der Waals surface area (Å²) in [6.07, 6.45) is 1.97. The average molecular weight is 368 g/mol. The number of rotatable bonds is 6. The summed E-state index contributed by atoms with van der Waals surface area (Å²) < 4.78 is 1.15. The van der Waals surface area contributed by atoms with Crippen LogP contribution in [0.3, 0.4) is 0 Å². The van der Waals surface area contributed by atoms with E-state index in [9.17, 15) is 0 Å². The molecule has 1 N–H and O–H groups in total. The average Bonchev–Trinajstić information content (AvgIpc) is 2.81. The van der Waals surface area contributed by atoms with Gasteiger partial charge in [0.05, 0.1) is 6.54 Å². The van der Waals surface area contributed by atoms with Crippen molar-refractivity contribution in [2.75, 3.05) is 11.9 Å². The third kappa shape index (κ3) is 4.80. The summed E-state index contributed by atoms with van der Waals surface area (Å²) in [5, 5.41) is 5.54. The molecule has 2 heterocycles. The summed E-state index contributed by atoms with van der Waals surface area (Å²) in [4.78, 5) is 8.17. The molecule has 3 nitrogen and oxygen atoms in total. The number of nitrogens with zero attached hydrogens (tertiary/aromatic N) is 2. The number of thiophene rings is 1. The molecule has 0 aliphatic rings. The van der Waals surface area contributed by atoms with E-state index in [1.165, 1.54) is 16.0 Å². The number of hydrogen-bond donors (Lipinski definition) is 1. The molecule has 0 radical (unpaired) electrons. The summed E-state index contributed by atoms with van der Waals surface area (Å²) in [7, 11) is 2.09. The monoisotopic (exact) mass is 367 g/mol. The Labute approximate surface area is 139 Å². The van der Waals surface area contributed by atoms with E-state index in [4.69, 9.17) is 0 Å². The molecule has 5 heteroatoms. The SMILES string of the molecule is Cc1cc(CNC(C)C)cnc1N(C)Cc1cc(Br)cs1. The van der Waals surface area contributed by atoms with E-state index in [0.29, 0.717) is 6.04 Å². The summed E-state index contributed by atoms with van der Waals surface area (Å²) in [6.45, 7) is 8.19. The van der Waals surface area contributed by atoms with Crippen LogP contribution in [-0.2, 0) is 13.1 Å². The van der Waals surface area contributed by atoms with Crippen LogP contribution in [0.5, 0.6) is 0 Å². The Morgan fingerprint density at radius 1 is 1.38 bits per heavy atom. The number of hydrogen-bond acceptors (Lipinski definition) is 4. The second-order valence-corrected chi connectivity index (χ2v) is 7.52. The predicted molar refractivity (Wildman–Crippen MR) is 95.1 cm³/mol. The van der Waals surface area contributed by atoms with Gasteiger partial charge in [0.1, 0.15) is 5.82 Å². The third-order valence-electron chi connectivity index (χ3n) is 3.20. The summed E-state index contributed by atoms with van der Waals surface area (Å²) in [5.74, 6) is 1.05. The van der Waals surface area contributed by atoms with Gasteiger partial charge in [0.15, 0.2) is 0 Å². The molecule has 0 spiro atoms. The van der Waals surface area contributed by atoms with Crippen molar-refractivity contribution in [2.45, 2.75) is 39.9 Å². The zero-order chi connectivity index (χ0) is 15.4. The van der Waals surface area contributed by atoms with Gasteiger partial charge < -0.3 is 10.2 Å². The molecular formula is C16H22BrN3S. The molecule has 0 aromatic carbocycles. The first-order chi connectivity index (χ1) is 9.95. The molecule has 0 fully saturated rings. The number of nitrogens with one attached hydrogen (secondary N) is 1. The minimum Gasteiger partial charge on any atom is -0.354 e. The first-order valence-corrected chi connectivity index (χ1v) is 8.76. The number of aromatic nitrogens is 1. The first kappa shape index (κ1) is 16.5. The molecule has 0 saturated heterocycles. The molecule has 2 rings (SSSR count). The molecule has 2 aromatic heterocycles. The highest BCUT2D eigenvalue weighted by Gasteiger charge is 2.09. The van der Waals surface area contributed by atoms with Crippen LogP contribution in [0, 0.1) is 6.92 Å². The number of aryl methyl sites for hydroxylation is 1. The normalized spacial score (nSPS) is 11.1. The minimum atomic E-state index is 0.491. The molecule has 0 saturated carbocycles. The molecule has 114 valence electrons. The fourth-order valence-electron chi connectivity index (χ4n) is 2.19. The topological polar surface area (TPSA) is 28.2 Å². The fourth-order valence-corrected chi connectivity index (χ4v) is 3.69. The lowest BCUT2D eigenvalue weighted by atomic mass is 10.2. The van der Waals surface area contributed by atoms with E-state index in [0.717, 1.165) is 23.4 Å². The Balaban J connectivity index is 2.05. The van der Waals surface area contributed by atoms with E-state index in [1.807, 2.05) is 6.20 Å². The maximum Gasteiger partial charge on any atom is 0.131 e. The van der Waals surface area contributed by atoms with Gasteiger partial charge in [0.25, 0.3) is 0 Å². The lowest BCUT2D eigenvalue weighted by molar-refractivity contribution is 0.587. The van der Waals surface area contributed by atoms with Gasteiger partial charge in [-0.3, -0.25) is 0 Å². The van der Waals surface area contributed by atoms with Gasteiger partial charge in [-0.25, -0.2) is 4.98 Å². The number of pyridine rings is 1. The van der Waals surface area contributed by atoms with Gasteiger partial charge in [-0.2, -0.15) is 0 Å². The van der Waals surface area contributed by atoms with E-state index in [1.54, 1.807) is 11.3 Å². The molecule has 0 bridgehead atoms. The van der Waals surface area contributed by atoms with Crippen molar-refractivity contribution in [2.24, 2.45) is 0 Å². The van der Waals surface area contributed by atoms with Gasteiger partial charge in [-0.15, -0.1) is 11.3 Å². The summed E-state index contributed by atoms with van der Waals surface area (Å²) in [6, 6.07) is 4.88. The van der Waals surface area contributed by atoms with Gasteiger partial charge in [-0.05, 0) is 46.1 Å².